The molecule has 0 aliphatic heterocycles. The van der Waals surface area contributed by atoms with Crippen LogP contribution < -0.4 is 5.32 Å². The zero-order valence-corrected chi connectivity index (χ0v) is 13.5. The van der Waals surface area contributed by atoms with Crippen molar-refractivity contribution in [1.29, 1.82) is 0 Å². The van der Waals surface area contributed by atoms with Crippen LogP contribution in [0.4, 0.5) is 0 Å². The Morgan fingerprint density at radius 1 is 1.50 bits per heavy atom. The number of hydrogen-bond donors (Lipinski definition) is 3. The monoisotopic (exact) mass is 299 g/mol. The van der Waals surface area contributed by atoms with Crippen molar-refractivity contribution in [1.82, 2.24) is 15.5 Å². The van der Waals surface area contributed by atoms with Gasteiger partial charge in [0.1, 0.15) is 0 Å². The third-order valence-corrected chi connectivity index (χ3v) is 4.12. The number of carbonyl (C=O) groups excluding carboxylic acids is 1. The molecule has 2 unspecified atom stereocenters. The summed E-state index contributed by atoms with van der Waals surface area (Å²) < 4.78 is 0. The average Bonchev–Trinajstić information content (AvgIpc) is 2.69. The highest BCUT2D eigenvalue weighted by Crippen LogP contribution is 2.24. The van der Waals surface area contributed by atoms with Crippen LogP contribution in [0, 0.1) is 13.8 Å². The number of aliphatic hydroxyl groups is 1. The molecule has 0 saturated heterocycles. The summed E-state index contributed by atoms with van der Waals surface area (Å²) in [4.78, 5) is 12.1. The molecular weight excluding hydrogens is 274 g/mol. The number of nitrogens with zero attached hydrogens (tertiary/aromatic N) is 1. The van der Waals surface area contributed by atoms with Gasteiger partial charge in [-0.2, -0.15) is 16.9 Å². The van der Waals surface area contributed by atoms with E-state index in [1.807, 2.05) is 27.0 Å². The van der Waals surface area contributed by atoms with E-state index >= 15 is 0 Å². The van der Waals surface area contributed by atoms with Crippen LogP contribution in [0.25, 0.3) is 0 Å². The number of nitrogens with one attached hydrogen (secondary N) is 2. The predicted molar refractivity (Wildman–Crippen MR) is 83.1 cm³/mol. The third-order valence-electron chi connectivity index (χ3n) is 3.38. The maximum absolute atomic E-state index is 12.1. The number of aromatic nitrogens is 2. The molecule has 0 aromatic carbocycles. The molecule has 1 aromatic rings. The number of amides is 1. The Morgan fingerprint density at radius 3 is 2.70 bits per heavy atom. The van der Waals surface area contributed by atoms with Gasteiger partial charge in [-0.05, 0) is 38.0 Å². The van der Waals surface area contributed by atoms with E-state index in [0.717, 1.165) is 22.7 Å². The highest BCUT2D eigenvalue weighted by molar-refractivity contribution is 7.98. The lowest BCUT2D eigenvalue weighted by atomic mass is 9.95. The first-order valence-corrected chi connectivity index (χ1v) is 8.29. The Bertz CT molecular complexity index is 409. The van der Waals surface area contributed by atoms with Crippen molar-refractivity contribution >= 4 is 17.7 Å². The molecule has 20 heavy (non-hydrogen) atoms. The Labute approximate surface area is 124 Å². The van der Waals surface area contributed by atoms with Gasteiger partial charge in [-0.3, -0.25) is 9.89 Å². The van der Waals surface area contributed by atoms with E-state index in [4.69, 9.17) is 5.11 Å². The maximum Gasteiger partial charge on any atom is 0.220 e. The summed E-state index contributed by atoms with van der Waals surface area (Å²) in [7, 11) is 0. The second-order valence-corrected chi connectivity index (χ2v) is 6.10. The van der Waals surface area contributed by atoms with Crippen molar-refractivity contribution in [2.75, 3.05) is 18.6 Å². The van der Waals surface area contributed by atoms with E-state index in [0.29, 0.717) is 12.8 Å². The first kappa shape index (κ1) is 17.0. The van der Waals surface area contributed by atoms with E-state index < -0.39 is 0 Å². The van der Waals surface area contributed by atoms with Gasteiger partial charge in [0.2, 0.25) is 5.91 Å². The first-order valence-electron chi connectivity index (χ1n) is 6.90. The number of hydrogen-bond acceptors (Lipinski definition) is 4. The summed E-state index contributed by atoms with van der Waals surface area (Å²) in [5.74, 6) is 0.993. The SMILES string of the molecule is CSCC(CCO)NC(=O)CC(C)c1c(C)n[nH]c1C. The molecule has 1 aromatic heterocycles. The minimum absolute atomic E-state index is 0.0324. The minimum Gasteiger partial charge on any atom is -0.396 e. The normalized spacial score (nSPS) is 14.1. The lowest BCUT2D eigenvalue weighted by Gasteiger charge is -2.18. The molecule has 6 heteroatoms. The molecule has 2 atom stereocenters. The summed E-state index contributed by atoms with van der Waals surface area (Å²) in [6.07, 6.45) is 3.04. The van der Waals surface area contributed by atoms with Crippen molar-refractivity contribution in [3.63, 3.8) is 0 Å². The van der Waals surface area contributed by atoms with Crippen LogP contribution in [0.5, 0.6) is 0 Å². The molecule has 0 spiro atoms. The van der Waals surface area contributed by atoms with E-state index in [1.165, 1.54) is 0 Å². The number of carbonyl (C=O) groups is 1. The predicted octanol–water partition coefficient (Wildman–Crippen LogP) is 1.75. The molecular formula is C14H25N3O2S. The van der Waals surface area contributed by atoms with Gasteiger partial charge in [-0.1, -0.05) is 6.92 Å². The van der Waals surface area contributed by atoms with Crippen LogP contribution in [0.3, 0.4) is 0 Å². The van der Waals surface area contributed by atoms with E-state index in [1.54, 1.807) is 11.8 Å². The molecule has 0 radical (unpaired) electrons. The first-order chi connectivity index (χ1) is 9.49. The molecule has 114 valence electrons. The number of aliphatic hydroxyl groups excluding tert-OH is 1. The summed E-state index contributed by atoms with van der Waals surface area (Å²) >= 11 is 1.67. The number of rotatable bonds is 8. The molecule has 3 N–H and O–H groups in total. The lowest BCUT2D eigenvalue weighted by Crippen LogP contribution is -2.37. The van der Waals surface area contributed by atoms with Crippen LogP contribution in [0.1, 0.15) is 42.6 Å². The highest BCUT2D eigenvalue weighted by Gasteiger charge is 2.19. The van der Waals surface area contributed by atoms with Gasteiger partial charge in [0.05, 0.1) is 5.69 Å². The van der Waals surface area contributed by atoms with Gasteiger partial charge in [0.15, 0.2) is 0 Å². The molecule has 1 rings (SSSR count). The molecule has 0 aliphatic carbocycles. The van der Waals surface area contributed by atoms with Crippen molar-refractivity contribution in [3.8, 4) is 0 Å². The van der Waals surface area contributed by atoms with Crippen LogP contribution >= 0.6 is 11.8 Å². The molecule has 0 bridgehead atoms. The van der Waals surface area contributed by atoms with E-state index in [-0.39, 0.29) is 24.5 Å². The zero-order chi connectivity index (χ0) is 15.1. The van der Waals surface area contributed by atoms with Crippen molar-refractivity contribution in [2.45, 2.75) is 45.6 Å². The smallest absolute Gasteiger partial charge is 0.220 e. The van der Waals surface area contributed by atoms with Crippen LogP contribution in [-0.4, -0.2) is 45.9 Å². The summed E-state index contributed by atoms with van der Waals surface area (Å²) in [6.45, 7) is 6.07. The highest BCUT2D eigenvalue weighted by atomic mass is 32.2. The van der Waals surface area contributed by atoms with E-state index in [9.17, 15) is 4.79 Å². The van der Waals surface area contributed by atoms with E-state index in [2.05, 4.69) is 15.5 Å². The number of thioether (sulfide) groups is 1. The minimum atomic E-state index is 0.0324. The number of aromatic amines is 1. The van der Waals surface area contributed by atoms with Gasteiger partial charge in [0.25, 0.3) is 0 Å². The van der Waals surface area contributed by atoms with Crippen molar-refractivity contribution < 1.29 is 9.90 Å². The van der Waals surface area contributed by atoms with Crippen LogP contribution in [0.15, 0.2) is 0 Å². The van der Waals surface area contributed by atoms with Gasteiger partial charge in [-0.15, -0.1) is 0 Å². The fraction of sp³-hybridized carbons (Fsp3) is 0.714. The second-order valence-electron chi connectivity index (χ2n) is 5.18. The Balaban J connectivity index is 2.57. The van der Waals surface area contributed by atoms with Crippen LogP contribution in [-0.2, 0) is 4.79 Å². The fourth-order valence-electron chi connectivity index (χ4n) is 2.51. The molecule has 0 saturated carbocycles. The maximum atomic E-state index is 12.1. The Hall–Kier alpha value is -1.01. The van der Waals surface area contributed by atoms with Crippen molar-refractivity contribution in [2.24, 2.45) is 0 Å². The lowest BCUT2D eigenvalue weighted by molar-refractivity contribution is -0.122. The molecule has 0 fully saturated rings. The molecule has 0 aliphatic rings. The Kier molecular flexibility index (Phi) is 7.09. The quantitative estimate of drug-likeness (QED) is 0.683. The summed E-state index contributed by atoms with van der Waals surface area (Å²) in [6, 6.07) is 0.0428. The summed E-state index contributed by atoms with van der Waals surface area (Å²) in [5.41, 5.74) is 3.11. The topological polar surface area (TPSA) is 78.0 Å². The molecule has 1 heterocycles. The fourth-order valence-corrected chi connectivity index (χ4v) is 3.16. The standard InChI is InChI=1S/C14H25N3O2S/c1-9(14-10(2)16-17-11(14)3)7-13(19)15-12(5-6-18)8-20-4/h9,12,18H,5-8H2,1-4H3,(H,15,19)(H,16,17). The van der Waals surface area contributed by atoms with Gasteiger partial charge in [-0.25, -0.2) is 0 Å². The number of H-pyrrole nitrogens is 1. The molecule has 5 nitrogen and oxygen atoms in total. The Morgan fingerprint density at radius 2 is 2.20 bits per heavy atom. The number of aryl methyl sites for hydroxylation is 2. The zero-order valence-electron chi connectivity index (χ0n) is 12.7. The largest absolute Gasteiger partial charge is 0.396 e. The summed E-state index contributed by atoms with van der Waals surface area (Å²) in [5, 5.41) is 19.1. The average molecular weight is 299 g/mol. The molecule has 1 amide bonds. The van der Waals surface area contributed by atoms with Gasteiger partial charge in [0, 0.05) is 30.5 Å². The van der Waals surface area contributed by atoms with Crippen molar-refractivity contribution in [3.05, 3.63) is 17.0 Å². The van der Waals surface area contributed by atoms with Gasteiger partial charge >= 0.3 is 0 Å². The second kappa shape index (κ2) is 8.32. The third kappa shape index (κ3) is 4.83. The van der Waals surface area contributed by atoms with Crippen LogP contribution in [0.2, 0.25) is 0 Å². The van der Waals surface area contributed by atoms with Gasteiger partial charge < -0.3 is 10.4 Å².